The molecular formula is C12H19Ni. The zero-order valence-corrected chi connectivity index (χ0v) is 9.30. The summed E-state index contributed by atoms with van der Waals surface area (Å²) in [6.07, 6.45) is 17.9. The van der Waals surface area contributed by atoms with Crippen LogP contribution in [0.3, 0.4) is 0 Å². The quantitative estimate of drug-likeness (QED) is 0.460. The summed E-state index contributed by atoms with van der Waals surface area (Å²) in [5.41, 5.74) is 0. The van der Waals surface area contributed by atoms with Gasteiger partial charge in [0.15, 0.2) is 0 Å². The van der Waals surface area contributed by atoms with Crippen molar-refractivity contribution >= 4 is 0 Å². The van der Waals surface area contributed by atoms with E-state index < -0.39 is 0 Å². The molecule has 0 amide bonds. The second-order valence-electron chi connectivity index (χ2n) is 2.80. The van der Waals surface area contributed by atoms with Crippen LogP contribution in [0.25, 0.3) is 0 Å². The molecule has 0 N–H and O–H groups in total. The van der Waals surface area contributed by atoms with Crippen molar-refractivity contribution in [1.82, 2.24) is 0 Å². The molecule has 0 spiro atoms. The molecule has 0 atom stereocenters. The zero-order chi connectivity index (χ0) is 9.78. The molecule has 77 valence electrons. The first-order chi connectivity index (χ1) is 6.41. The summed E-state index contributed by atoms with van der Waals surface area (Å²) < 4.78 is 0. The van der Waals surface area contributed by atoms with E-state index in [9.17, 15) is 0 Å². The van der Waals surface area contributed by atoms with E-state index in [4.69, 9.17) is 0 Å². The first kappa shape index (κ1) is 12.7. The van der Waals surface area contributed by atoms with Crippen LogP contribution in [0, 0.1) is 0 Å². The van der Waals surface area contributed by atoms with Crippen LogP contribution in [0.4, 0.5) is 0 Å². The Balaban J connectivity index is 0.000000252. The molecule has 0 radical (unpaired) electrons. The van der Waals surface area contributed by atoms with E-state index in [-0.39, 0.29) is 0 Å². The van der Waals surface area contributed by atoms with Crippen molar-refractivity contribution in [2.45, 2.75) is 38.0 Å². The molecule has 1 aliphatic carbocycles. The van der Waals surface area contributed by atoms with Gasteiger partial charge in [-0.15, -0.1) is 0 Å². The molecule has 0 bridgehead atoms. The first-order valence-corrected chi connectivity index (χ1v) is 5.54. The Morgan fingerprint density at radius 1 is 1.00 bits per heavy atom. The van der Waals surface area contributed by atoms with Gasteiger partial charge in [-0.1, -0.05) is 24.3 Å². The first-order valence-electron chi connectivity index (χ1n) is 4.84. The van der Waals surface area contributed by atoms with Crippen molar-refractivity contribution in [2.24, 2.45) is 0 Å². The van der Waals surface area contributed by atoms with Crippen LogP contribution < -0.4 is 0 Å². The Morgan fingerprint density at radius 3 is 1.54 bits per heavy atom. The Hall–Kier alpha value is -0.286. The van der Waals surface area contributed by atoms with Gasteiger partial charge in [-0.05, 0) is 25.7 Å². The van der Waals surface area contributed by atoms with Gasteiger partial charge < -0.3 is 0 Å². The molecule has 0 aromatic carbocycles. The predicted octanol–water partition coefficient (Wildman–Crippen LogP) is 4.20. The molecule has 13 heavy (non-hydrogen) atoms. The summed E-state index contributed by atoms with van der Waals surface area (Å²) in [4.78, 5) is 0. The van der Waals surface area contributed by atoms with E-state index in [0.29, 0.717) is 0 Å². The van der Waals surface area contributed by atoms with Gasteiger partial charge in [-0.3, -0.25) is 0 Å². The van der Waals surface area contributed by atoms with Crippen molar-refractivity contribution in [3.63, 3.8) is 0 Å². The summed E-state index contributed by atoms with van der Waals surface area (Å²) in [6.45, 7) is 1.97. The maximum absolute atomic E-state index is 4.32. The van der Waals surface area contributed by atoms with E-state index in [1.807, 2.05) is 19.1 Å². The maximum atomic E-state index is 4.32. The molecule has 0 nitrogen and oxygen atoms in total. The Labute approximate surface area is 90.2 Å². The van der Waals surface area contributed by atoms with Crippen molar-refractivity contribution in [2.75, 3.05) is 0 Å². The van der Waals surface area contributed by atoms with Crippen LogP contribution in [-0.2, 0) is 15.5 Å². The molecule has 0 saturated heterocycles. The van der Waals surface area contributed by atoms with Crippen LogP contribution in [-0.4, -0.2) is 0 Å². The molecule has 0 heterocycles. The molecule has 1 heteroatoms. The monoisotopic (exact) mass is 221 g/mol. The van der Waals surface area contributed by atoms with Gasteiger partial charge in [0.2, 0.25) is 0 Å². The van der Waals surface area contributed by atoms with Crippen molar-refractivity contribution in [1.29, 1.82) is 0 Å². The van der Waals surface area contributed by atoms with Crippen LogP contribution in [0.1, 0.15) is 32.6 Å². The second kappa shape index (κ2) is 11.7. The maximum Gasteiger partial charge on any atom is -0.0316 e. The summed E-state index contributed by atoms with van der Waals surface area (Å²) in [5.74, 6) is 0. The van der Waals surface area contributed by atoms with Gasteiger partial charge in [0, 0.05) is 0 Å². The zero-order valence-electron chi connectivity index (χ0n) is 8.32. The minimum absolute atomic E-state index is 0.788. The van der Waals surface area contributed by atoms with E-state index in [1.165, 1.54) is 25.7 Å². The third kappa shape index (κ3) is 11.7. The Kier molecular flexibility index (Phi) is 11.5. The molecular weight excluding hydrogens is 203 g/mol. The fourth-order valence-electron chi connectivity index (χ4n) is 0.931. The van der Waals surface area contributed by atoms with Gasteiger partial charge in [0.1, 0.15) is 0 Å². The van der Waals surface area contributed by atoms with Crippen molar-refractivity contribution < 1.29 is 15.5 Å². The van der Waals surface area contributed by atoms with Crippen molar-refractivity contribution in [3.05, 3.63) is 36.5 Å². The second-order valence-corrected chi connectivity index (χ2v) is 3.20. The summed E-state index contributed by atoms with van der Waals surface area (Å²) in [5, 5.41) is 0.788. The van der Waals surface area contributed by atoms with Gasteiger partial charge in [0.05, 0.1) is 0 Å². The normalized spacial score (nSPS) is 21.2. The molecule has 0 saturated carbocycles. The number of hydrogen-bond donors (Lipinski definition) is 0. The summed E-state index contributed by atoms with van der Waals surface area (Å²) >= 11 is 4.32. The topological polar surface area (TPSA) is 0 Å². The smallest absolute Gasteiger partial charge is 0.0316 e. The van der Waals surface area contributed by atoms with Gasteiger partial charge in [-0.2, -0.15) is 0 Å². The third-order valence-corrected chi connectivity index (χ3v) is 1.88. The average Bonchev–Trinajstić information content (AvgIpc) is 2.05. The Bertz CT molecular complexity index is 140. The van der Waals surface area contributed by atoms with Crippen molar-refractivity contribution in [3.8, 4) is 0 Å². The van der Waals surface area contributed by atoms with E-state index in [0.717, 1.165) is 5.39 Å². The molecule has 1 aliphatic rings. The minimum Gasteiger partial charge on any atom is -0.0882 e. The Morgan fingerprint density at radius 2 is 1.38 bits per heavy atom. The van der Waals surface area contributed by atoms with E-state index in [1.54, 1.807) is 0 Å². The van der Waals surface area contributed by atoms with E-state index in [2.05, 4.69) is 39.8 Å². The molecule has 0 aliphatic heterocycles. The van der Waals surface area contributed by atoms with Gasteiger partial charge in [0.25, 0.3) is 0 Å². The van der Waals surface area contributed by atoms with Gasteiger partial charge >= 0.3 is 39.9 Å². The SMILES string of the molecule is C/C=C/[CH2][Ni].C1=C\CC/C=C\CC/1. The molecule has 0 fully saturated rings. The predicted molar refractivity (Wildman–Crippen MR) is 56.4 cm³/mol. The summed E-state index contributed by atoms with van der Waals surface area (Å²) in [7, 11) is 0. The number of rotatable bonds is 1. The van der Waals surface area contributed by atoms with Crippen LogP contribution in [0.5, 0.6) is 0 Å². The third-order valence-electron chi connectivity index (χ3n) is 1.64. The molecule has 0 aromatic heterocycles. The average molecular weight is 222 g/mol. The standard InChI is InChI=1S/C8H12.C4H7.Ni/c1-2-4-6-8-7-5-3-1;1-3-4-2;/h1-2,7-8H,3-6H2;3-4H,1H2,2H3;/b2-1-,8-7-;4-3+;. The van der Waals surface area contributed by atoms with Crippen LogP contribution >= 0.6 is 0 Å². The number of hydrogen-bond acceptors (Lipinski definition) is 0. The minimum atomic E-state index is 0.788. The fourth-order valence-corrected chi connectivity index (χ4v) is 1.16. The fraction of sp³-hybridized carbons (Fsp3) is 0.500. The molecule has 0 unspecified atom stereocenters. The van der Waals surface area contributed by atoms with Gasteiger partial charge in [-0.25, -0.2) is 0 Å². The van der Waals surface area contributed by atoms with Crippen LogP contribution in [0.15, 0.2) is 36.5 Å². The summed E-state index contributed by atoms with van der Waals surface area (Å²) in [6, 6.07) is 0. The molecule has 1 rings (SSSR count). The largest absolute Gasteiger partial charge is 0.0882 e. The number of allylic oxidation sites excluding steroid dienone is 6. The van der Waals surface area contributed by atoms with E-state index >= 15 is 0 Å². The molecule has 0 aromatic rings. The van der Waals surface area contributed by atoms with Crippen LogP contribution in [0.2, 0.25) is 5.39 Å².